The summed E-state index contributed by atoms with van der Waals surface area (Å²) in [5.74, 6) is 1.00. The Morgan fingerprint density at radius 3 is 1.46 bits per heavy atom. The molecule has 0 unspecified atom stereocenters. The third kappa shape index (κ3) is 5.38. The van der Waals surface area contributed by atoms with Gasteiger partial charge in [-0.3, -0.25) is 0 Å². The van der Waals surface area contributed by atoms with Crippen LogP contribution in [0.3, 0.4) is 0 Å². The molecule has 0 spiro atoms. The second kappa shape index (κ2) is 12.9. The molecule has 9 aromatic carbocycles. The first-order valence-electron chi connectivity index (χ1n) is 17.4. The van der Waals surface area contributed by atoms with Crippen molar-refractivity contribution in [3.05, 3.63) is 187 Å². The van der Waals surface area contributed by atoms with Gasteiger partial charge in [0.05, 0.1) is 0 Å². The first-order chi connectivity index (χ1) is 25.5. The van der Waals surface area contributed by atoms with E-state index in [0.29, 0.717) is 22.4 Å². The molecule has 9 aromatic rings. The molecule has 0 aliphatic carbocycles. The molecule has 52 heavy (non-hydrogen) atoms. The van der Waals surface area contributed by atoms with E-state index < -0.39 is 6.10 Å². The predicted molar refractivity (Wildman–Crippen MR) is 212 cm³/mol. The minimum absolute atomic E-state index is 0.161. The molecule has 0 aliphatic rings. The fraction of sp³-hybridized carbons (Fsp3) is 0.0417. The van der Waals surface area contributed by atoms with Crippen LogP contribution in [0.2, 0.25) is 0 Å². The molecule has 0 aromatic heterocycles. The molecule has 0 radical (unpaired) electrons. The fourth-order valence-corrected chi connectivity index (χ4v) is 7.66. The van der Waals surface area contributed by atoms with Crippen LogP contribution >= 0.6 is 0 Å². The van der Waals surface area contributed by atoms with Crippen molar-refractivity contribution in [2.45, 2.75) is 12.7 Å². The molecule has 1 atom stereocenters. The Hall–Kier alpha value is -6.62. The third-order valence-electron chi connectivity index (χ3n) is 10.1. The van der Waals surface area contributed by atoms with Gasteiger partial charge in [-0.15, -0.1) is 0 Å². The Labute approximate surface area is 301 Å². The summed E-state index contributed by atoms with van der Waals surface area (Å²) in [4.78, 5) is 0. The van der Waals surface area contributed by atoms with Gasteiger partial charge in [0, 0.05) is 16.7 Å². The number of aromatic hydroxyl groups is 2. The minimum atomic E-state index is -0.984. The van der Waals surface area contributed by atoms with Crippen LogP contribution in [0.5, 0.6) is 17.2 Å². The van der Waals surface area contributed by atoms with E-state index in [2.05, 4.69) is 12.1 Å². The Balaban J connectivity index is 1.12. The van der Waals surface area contributed by atoms with E-state index in [-0.39, 0.29) is 18.1 Å². The molecule has 0 bridgehead atoms. The number of hydrogen-bond donors (Lipinski definition) is 3. The summed E-state index contributed by atoms with van der Waals surface area (Å²) in [5.41, 5.74) is 5.36. The van der Waals surface area contributed by atoms with Crippen LogP contribution in [0, 0.1) is 0 Å². The molecular formula is C48H34O4. The van der Waals surface area contributed by atoms with E-state index in [4.69, 9.17) is 4.74 Å². The van der Waals surface area contributed by atoms with Gasteiger partial charge in [-0.05, 0) is 89.6 Å². The van der Waals surface area contributed by atoms with Crippen molar-refractivity contribution in [2.75, 3.05) is 0 Å². The smallest absolute Gasteiger partial charge is 0.128 e. The van der Waals surface area contributed by atoms with Crippen molar-refractivity contribution in [3.63, 3.8) is 0 Å². The van der Waals surface area contributed by atoms with Crippen molar-refractivity contribution in [1.82, 2.24) is 0 Å². The lowest BCUT2D eigenvalue weighted by atomic mass is 9.86. The largest absolute Gasteiger partial charge is 0.507 e. The number of phenols is 2. The maximum absolute atomic E-state index is 12.2. The van der Waals surface area contributed by atoms with Crippen molar-refractivity contribution in [3.8, 4) is 39.5 Å². The van der Waals surface area contributed by atoms with Crippen molar-refractivity contribution in [2.24, 2.45) is 0 Å². The highest BCUT2D eigenvalue weighted by Gasteiger charge is 2.23. The lowest BCUT2D eigenvalue weighted by Gasteiger charge is -2.21. The summed E-state index contributed by atoms with van der Waals surface area (Å²) >= 11 is 0. The molecule has 0 fully saturated rings. The monoisotopic (exact) mass is 674 g/mol. The van der Waals surface area contributed by atoms with Gasteiger partial charge in [-0.2, -0.15) is 0 Å². The van der Waals surface area contributed by atoms with Gasteiger partial charge in [0.2, 0.25) is 0 Å². The summed E-state index contributed by atoms with van der Waals surface area (Å²) in [6, 6.07) is 55.4. The lowest BCUT2D eigenvalue weighted by Crippen LogP contribution is -2.05. The topological polar surface area (TPSA) is 69.9 Å². The van der Waals surface area contributed by atoms with Crippen LogP contribution in [0.25, 0.3) is 65.3 Å². The highest BCUT2D eigenvalue weighted by Crippen LogP contribution is 2.46. The van der Waals surface area contributed by atoms with E-state index in [1.54, 1.807) is 12.1 Å². The molecule has 3 N–H and O–H groups in total. The molecule has 4 heteroatoms. The quantitative estimate of drug-likeness (QED) is 0.157. The van der Waals surface area contributed by atoms with Gasteiger partial charge in [-0.25, -0.2) is 0 Å². The van der Waals surface area contributed by atoms with E-state index >= 15 is 0 Å². The number of aliphatic hydroxyl groups is 1. The first-order valence-corrected chi connectivity index (χ1v) is 17.4. The zero-order chi connectivity index (χ0) is 35.2. The van der Waals surface area contributed by atoms with E-state index in [1.807, 2.05) is 146 Å². The average molecular weight is 675 g/mol. The summed E-state index contributed by atoms with van der Waals surface area (Å²) in [7, 11) is 0. The Morgan fingerprint density at radius 1 is 0.423 bits per heavy atom. The molecule has 250 valence electrons. The van der Waals surface area contributed by atoms with Crippen LogP contribution in [0.4, 0.5) is 0 Å². The average Bonchev–Trinajstić information content (AvgIpc) is 3.19. The molecule has 9 rings (SSSR count). The van der Waals surface area contributed by atoms with Crippen LogP contribution in [-0.2, 0) is 6.61 Å². The molecule has 0 aliphatic heterocycles. The number of hydrogen-bond acceptors (Lipinski definition) is 4. The zero-order valence-electron chi connectivity index (χ0n) is 28.2. The van der Waals surface area contributed by atoms with Gasteiger partial charge in [0.1, 0.15) is 30.0 Å². The van der Waals surface area contributed by atoms with Crippen molar-refractivity contribution in [1.29, 1.82) is 0 Å². The minimum Gasteiger partial charge on any atom is -0.507 e. The number of rotatable bonds is 7. The zero-order valence-corrected chi connectivity index (χ0v) is 28.2. The van der Waals surface area contributed by atoms with E-state index in [0.717, 1.165) is 65.3 Å². The normalized spacial score (nSPS) is 12.1. The highest BCUT2D eigenvalue weighted by atomic mass is 16.5. The number of aliphatic hydroxyl groups excluding tert-OH is 1. The summed E-state index contributed by atoms with van der Waals surface area (Å²) < 4.78 is 6.62. The van der Waals surface area contributed by atoms with Gasteiger partial charge in [0.15, 0.2) is 0 Å². The van der Waals surface area contributed by atoms with Gasteiger partial charge in [-0.1, -0.05) is 146 Å². The molecule has 0 heterocycles. The van der Waals surface area contributed by atoms with Crippen LogP contribution in [-0.4, -0.2) is 15.3 Å². The number of fused-ring (bicyclic) bond motifs is 4. The SMILES string of the molecule is Oc1ccc2ccccc2c1-c1c(OCc2cccc([C@@H](O)c3ccc4ccccc4c3-c3c(O)ccc4ccccc34)c2)ccc2ccccc12. The van der Waals surface area contributed by atoms with Gasteiger partial charge in [0.25, 0.3) is 0 Å². The molecule has 0 amide bonds. The second-order valence-corrected chi connectivity index (χ2v) is 13.2. The van der Waals surface area contributed by atoms with Crippen LogP contribution in [0.1, 0.15) is 22.8 Å². The van der Waals surface area contributed by atoms with Crippen molar-refractivity contribution < 1.29 is 20.1 Å². The molecular weight excluding hydrogens is 641 g/mol. The maximum atomic E-state index is 12.2. The maximum Gasteiger partial charge on any atom is 0.128 e. The molecule has 0 saturated carbocycles. The third-order valence-corrected chi connectivity index (χ3v) is 10.1. The van der Waals surface area contributed by atoms with Crippen molar-refractivity contribution >= 4 is 43.1 Å². The predicted octanol–water partition coefficient (Wildman–Crippen LogP) is 11.7. The van der Waals surface area contributed by atoms with E-state index in [1.165, 1.54) is 0 Å². The fourth-order valence-electron chi connectivity index (χ4n) is 7.66. The Kier molecular flexibility index (Phi) is 7.80. The lowest BCUT2D eigenvalue weighted by molar-refractivity contribution is 0.220. The molecule has 0 saturated heterocycles. The number of ether oxygens (including phenoxy) is 1. The first kappa shape index (κ1) is 31.4. The van der Waals surface area contributed by atoms with Gasteiger partial charge < -0.3 is 20.1 Å². The molecule has 4 nitrogen and oxygen atoms in total. The number of benzene rings is 9. The van der Waals surface area contributed by atoms with E-state index in [9.17, 15) is 15.3 Å². The standard InChI is InChI=1S/C48H34O4/c49-41-25-21-32-12-2-6-17-37(32)45(41)44-36-16-5-1-11-31(36)20-24-40(44)48(51)35-15-9-10-30(28-35)29-52-43-27-23-34-14-4-8-19-39(34)47(43)46-38-18-7-3-13-33(38)22-26-42(46)50/h1-28,48-51H,29H2/t48-/m1/s1. The Morgan fingerprint density at radius 2 is 0.885 bits per heavy atom. The summed E-state index contributed by atoms with van der Waals surface area (Å²) in [6.45, 7) is 0.242. The van der Waals surface area contributed by atoms with Crippen LogP contribution < -0.4 is 4.74 Å². The number of phenolic OH excluding ortho intramolecular Hbond substituents is 2. The second-order valence-electron chi connectivity index (χ2n) is 13.2. The van der Waals surface area contributed by atoms with Crippen LogP contribution in [0.15, 0.2) is 170 Å². The van der Waals surface area contributed by atoms with Gasteiger partial charge >= 0.3 is 0 Å². The summed E-state index contributed by atoms with van der Waals surface area (Å²) in [5, 5.41) is 42.7. The summed E-state index contributed by atoms with van der Waals surface area (Å²) in [6.07, 6.45) is -0.984. The Bertz CT molecular complexity index is 2800. The highest BCUT2D eigenvalue weighted by molar-refractivity contribution is 6.10.